The largest absolute Gasteiger partial charge is 0.482 e. The molecule has 0 bridgehead atoms. The number of hydrogen-bond acceptors (Lipinski definition) is 4. The fourth-order valence-electron chi connectivity index (χ4n) is 3.96. The average Bonchev–Trinajstić information content (AvgIpc) is 2.63. The molecule has 0 radical (unpaired) electrons. The number of carbonyl (C=O) groups excluding carboxylic acids is 2. The highest BCUT2D eigenvalue weighted by Gasteiger charge is 2.38. The highest BCUT2D eigenvalue weighted by molar-refractivity contribution is 6.02. The van der Waals surface area contributed by atoms with Gasteiger partial charge in [0.05, 0.1) is 24.4 Å². The fourth-order valence-corrected chi connectivity index (χ4v) is 3.96. The number of benzene rings is 1. The van der Waals surface area contributed by atoms with Crippen molar-refractivity contribution in [3.63, 3.8) is 0 Å². The van der Waals surface area contributed by atoms with Gasteiger partial charge in [-0.05, 0) is 25.0 Å². The third kappa shape index (κ3) is 2.75. The smallest absolute Gasteiger partial charge is 0.265 e. The lowest BCUT2D eigenvalue weighted by atomic mass is 9.90. The molecular weight excluding hydrogens is 308 g/mol. The Balaban J connectivity index is 1.52. The van der Waals surface area contributed by atoms with Crippen molar-refractivity contribution >= 4 is 17.5 Å². The molecule has 2 amide bonds. The van der Waals surface area contributed by atoms with Crippen molar-refractivity contribution < 1.29 is 19.1 Å². The molecule has 1 saturated carbocycles. The minimum absolute atomic E-state index is 0.000234. The van der Waals surface area contributed by atoms with E-state index in [0.717, 1.165) is 19.3 Å². The Morgan fingerprint density at radius 3 is 2.96 bits per heavy atom. The van der Waals surface area contributed by atoms with E-state index >= 15 is 0 Å². The summed E-state index contributed by atoms with van der Waals surface area (Å²) in [5, 5.41) is 0. The Kier molecular flexibility index (Phi) is 4.14. The molecule has 6 nitrogen and oxygen atoms in total. The summed E-state index contributed by atoms with van der Waals surface area (Å²) < 4.78 is 11.3. The van der Waals surface area contributed by atoms with E-state index in [1.54, 1.807) is 4.90 Å². The molecular formula is C18H22N2O4. The molecule has 128 valence electrons. The lowest BCUT2D eigenvalue weighted by Gasteiger charge is -2.44. The Bertz CT molecular complexity index is 646. The second-order valence-electron chi connectivity index (χ2n) is 6.58. The van der Waals surface area contributed by atoms with E-state index in [4.69, 9.17) is 9.47 Å². The molecule has 1 saturated heterocycles. The fraction of sp³-hybridized carbons (Fsp3) is 0.556. The summed E-state index contributed by atoms with van der Waals surface area (Å²) in [5.74, 6) is 0.484. The molecule has 2 aliphatic heterocycles. The number of nitrogens with zero attached hydrogens (tertiary/aromatic N) is 2. The first kappa shape index (κ1) is 15.4. The standard InChI is InChI=1S/C18H22N2O4/c21-17(19-9-10-23-15-7-3-1-5-13(15)19)11-20-14-6-2-4-8-16(14)24-12-18(20)22/h2,4,6,8,13,15H,1,3,5,7,9-12H2/t13-,15-/m1/s1. The maximum atomic E-state index is 12.9. The number of ether oxygens (including phenoxy) is 2. The number of carbonyl (C=O) groups is 2. The van der Waals surface area contributed by atoms with E-state index in [-0.39, 0.29) is 37.1 Å². The van der Waals surface area contributed by atoms with Crippen molar-refractivity contribution in [3.8, 4) is 5.75 Å². The van der Waals surface area contributed by atoms with Crippen LogP contribution in [0.5, 0.6) is 5.75 Å². The van der Waals surface area contributed by atoms with E-state index < -0.39 is 0 Å². The lowest BCUT2D eigenvalue weighted by molar-refractivity contribution is -0.148. The van der Waals surface area contributed by atoms with E-state index in [0.29, 0.717) is 24.6 Å². The van der Waals surface area contributed by atoms with Gasteiger partial charge in [-0.1, -0.05) is 25.0 Å². The van der Waals surface area contributed by atoms with Crippen molar-refractivity contribution in [2.75, 3.05) is 31.2 Å². The number of morpholine rings is 1. The normalized spacial score (nSPS) is 26.4. The van der Waals surface area contributed by atoms with Gasteiger partial charge in [-0.3, -0.25) is 14.5 Å². The van der Waals surface area contributed by atoms with Gasteiger partial charge < -0.3 is 14.4 Å². The van der Waals surface area contributed by atoms with E-state index in [2.05, 4.69) is 0 Å². The van der Waals surface area contributed by atoms with Crippen LogP contribution < -0.4 is 9.64 Å². The van der Waals surface area contributed by atoms with Gasteiger partial charge >= 0.3 is 0 Å². The monoisotopic (exact) mass is 330 g/mol. The first-order chi connectivity index (χ1) is 11.7. The summed E-state index contributed by atoms with van der Waals surface area (Å²) in [6, 6.07) is 7.52. The van der Waals surface area contributed by atoms with Gasteiger partial charge in [-0.25, -0.2) is 0 Å². The van der Waals surface area contributed by atoms with Crippen LogP contribution in [0.1, 0.15) is 25.7 Å². The Morgan fingerprint density at radius 2 is 2.04 bits per heavy atom. The summed E-state index contributed by atoms with van der Waals surface area (Å²) in [6.07, 6.45) is 4.47. The SMILES string of the molecule is O=C1COc2ccccc2N1CC(=O)N1CCO[C@@H]2CCCC[C@H]21. The predicted molar refractivity (Wildman–Crippen MR) is 88.0 cm³/mol. The number of anilines is 1. The quantitative estimate of drug-likeness (QED) is 0.826. The van der Waals surface area contributed by atoms with Crippen LogP contribution in [0.2, 0.25) is 0 Å². The summed E-state index contributed by atoms with van der Waals surface area (Å²) >= 11 is 0. The molecule has 1 aromatic rings. The Labute approximate surface area is 141 Å². The predicted octanol–water partition coefficient (Wildman–Crippen LogP) is 1.58. The number of para-hydroxylation sites is 2. The van der Waals surface area contributed by atoms with Crippen molar-refractivity contribution in [2.45, 2.75) is 37.8 Å². The minimum Gasteiger partial charge on any atom is -0.482 e. The average molecular weight is 330 g/mol. The summed E-state index contributed by atoms with van der Waals surface area (Å²) in [7, 11) is 0. The van der Waals surface area contributed by atoms with Crippen molar-refractivity contribution in [1.82, 2.24) is 4.90 Å². The highest BCUT2D eigenvalue weighted by Crippen LogP contribution is 2.32. The van der Waals surface area contributed by atoms with E-state index in [1.807, 2.05) is 29.2 Å². The number of hydrogen-bond donors (Lipinski definition) is 0. The maximum absolute atomic E-state index is 12.9. The number of amides is 2. The molecule has 24 heavy (non-hydrogen) atoms. The maximum Gasteiger partial charge on any atom is 0.265 e. The second kappa shape index (κ2) is 6.43. The van der Waals surface area contributed by atoms with Gasteiger partial charge in [0, 0.05) is 6.54 Å². The van der Waals surface area contributed by atoms with Gasteiger partial charge in [0.1, 0.15) is 12.3 Å². The van der Waals surface area contributed by atoms with Crippen LogP contribution in [0, 0.1) is 0 Å². The summed E-state index contributed by atoms with van der Waals surface area (Å²) in [5.41, 5.74) is 0.676. The van der Waals surface area contributed by atoms with Gasteiger partial charge in [0.2, 0.25) is 5.91 Å². The number of fused-ring (bicyclic) bond motifs is 2. The summed E-state index contributed by atoms with van der Waals surface area (Å²) in [4.78, 5) is 28.7. The molecule has 0 N–H and O–H groups in total. The molecule has 0 unspecified atom stereocenters. The van der Waals surface area contributed by atoms with Crippen LogP contribution in [0.4, 0.5) is 5.69 Å². The van der Waals surface area contributed by atoms with Crippen LogP contribution in [0.15, 0.2) is 24.3 Å². The van der Waals surface area contributed by atoms with Crippen LogP contribution in [0.25, 0.3) is 0 Å². The van der Waals surface area contributed by atoms with Gasteiger partial charge in [-0.15, -0.1) is 0 Å². The van der Waals surface area contributed by atoms with Gasteiger partial charge in [0.15, 0.2) is 6.61 Å². The Hall–Kier alpha value is -2.08. The Morgan fingerprint density at radius 1 is 1.21 bits per heavy atom. The minimum atomic E-state index is -0.171. The first-order valence-corrected chi connectivity index (χ1v) is 8.67. The van der Waals surface area contributed by atoms with Crippen LogP contribution >= 0.6 is 0 Å². The molecule has 2 atom stereocenters. The second-order valence-corrected chi connectivity index (χ2v) is 6.58. The van der Waals surface area contributed by atoms with Crippen LogP contribution in [-0.4, -0.2) is 55.2 Å². The zero-order chi connectivity index (χ0) is 16.5. The molecule has 0 aromatic heterocycles. The molecule has 3 aliphatic rings. The van der Waals surface area contributed by atoms with Gasteiger partial charge in [-0.2, -0.15) is 0 Å². The van der Waals surface area contributed by atoms with Crippen molar-refractivity contribution in [3.05, 3.63) is 24.3 Å². The first-order valence-electron chi connectivity index (χ1n) is 8.67. The van der Waals surface area contributed by atoms with Crippen LogP contribution in [-0.2, 0) is 14.3 Å². The molecule has 1 aromatic carbocycles. The zero-order valence-corrected chi connectivity index (χ0v) is 13.6. The molecule has 6 heteroatoms. The topological polar surface area (TPSA) is 59.1 Å². The lowest BCUT2D eigenvalue weighted by Crippen LogP contribution is -2.57. The molecule has 1 aliphatic carbocycles. The molecule has 2 heterocycles. The van der Waals surface area contributed by atoms with Crippen molar-refractivity contribution in [1.29, 1.82) is 0 Å². The third-order valence-electron chi connectivity index (χ3n) is 5.15. The molecule has 4 rings (SSSR count). The zero-order valence-electron chi connectivity index (χ0n) is 13.6. The van der Waals surface area contributed by atoms with Crippen LogP contribution in [0.3, 0.4) is 0 Å². The molecule has 2 fully saturated rings. The third-order valence-corrected chi connectivity index (χ3v) is 5.15. The van der Waals surface area contributed by atoms with E-state index in [9.17, 15) is 9.59 Å². The number of rotatable bonds is 2. The van der Waals surface area contributed by atoms with Gasteiger partial charge in [0.25, 0.3) is 5.91 Å². The molecule has 0 spiro atoms. The van der Waals surface area contributed by atoms with Crippen molar-refractivity contribution in [2.24, 2.45) is 0 Å². The summed E-state index contributed by atoms with van der Waals surface area (Å²) in [6.45, 7) is 1.25. The highest BCUT2D eigenvalue weighted by atomic mass is 16.5. The van der Waals surface area contributed by atoms with E-state index in [1.165, 1.54) is 6.42 Å².